The van der Waals surface area contributed by atoms with Crippen LogP contribution in [0.4, 0.5) is 0 Å². The Bertz CT molecular complexity index is 236. The van der Waals surface area contributed by atoms with Gasteiger partial charge in [0.2, 0.25) is 0 Å². The Morgan fingerprint density at radius 3 is 2.86 bits per heavy atom. The van der Waals surface area contributed by atoms with Gasteiger partial charge in [-0.2, -0.15) is 0 Å². The van der Waals surface area contributed by atoms with Gasteiger partial charge in [-0.3, -0.25) is 4.21 Å². The van der Waals surface area contributed by atoms with E-state index in [0.29, 0.717) is 12.0 Å². The summed E-state index contributed by atoms with van der Waals surface area (Å²) in [4.78, 5) is 0. The van der Waals surface area contributed by atoms with Crippen LogP contribution in [-0.4, -0.2) is 40.5 Å². The highest BCUT2D eigenvalue weighted by atomic mass is 32.2. The standard InChI is InChI=1S/C10H19NO2S/c1-10(2)7-14(12)6-9(11-10)8-3-4-13-5-8/h8-9,11H,3-7H2,1-2H3. The fraction of sp³-hybridized carbons (Fsp3) is 1.00. The van der Waals surface area contributed by atoms with Gasteiger partial charge in [0.05, 0.1) is 6.61 Å². The molecule has 2 aliphatic rings. The Balaban J connectivity index is 2.01. The second kappa shape index (κ2) is 3.91. The lowest BCUT2D eigenvalue weighted by atomic mass is 9.96. The van der Waals surface area contributed by atoms with Crippen LogP contribution in [0.3, 0.4) is 0 Å². The molecule has 2 heterocycles. The van der Waals surface area contributed by atoms with Crippen molar-refractivity contribution in [3.05, 3.63) is 0 Å². The van der Waals surface area contributed by atoms with E-state index in [1.165, 1.54) is 0 Å². The molecule has 4 heteroatoms. The molecule has 2 rings (SSSR count). The molecule has 2 saturated heterocycles. The highest BCUT2D eigenvalue weighted by molar-refractivity contribution is 7.85. The van der Waals surface area contributed by atoms with Crippen molar-refractivity contribution in [3.63, 3.8) is 0 Å². The average Bonchev–Trinajstić information content (AvgIpc) is 2.51. The molecule has 3 atom stereocenters. The maximum atomic E-state index is 11.7. The van der Waals surface area contributed by atoms with Crippen LogP contribution in [-0.2, 0) is 15.5 Å². The van der Waals surface area contributed by atoms with Gasteiger partial charge < -0.3 is 10.1 Å². The van der Waals surface area contributed by atoms with Crippen molar-refractivity contribution >= 4 is 10.8 Å². The van der Waals surface area contributed by atoms with Crippen molar-refractivity contribution < 1.29 is 8.95 Å². The third kappa shape index (κ3) is 2.35. The monoisotopic (exact) mass is 217 g/mol. The molecule has 0 aromatic rings. The van der Waals surface area contributed by atoms with Gasteiger partial charge in [0.1, 0.15) is 0 Å². The van der Waals surface area contributed by atoms with Gasteiger partial charge in [-0.1, -0.05) is 0 Å². The zero-order chi connectivity index (χ0) is 10.2. The van der Waals surface area contributed by atoms with Gasteiger partial charge >= 0.3 is 0 Å². The van der Waals surface area contributed by atoms with Crippen LogP contribution >= 0.6 is 0 Å². The van der Waals surface area contributed by atoms with Gasteiger partial charge in [0, 0.05) is 46.4 Å². The Morgan fingerprint density at radius 2 is 2.29 bits per heavy atom. The largest absolute Gasteiger partial charge is 0.381 e. The molecule has 0 saturated carbocycles. The third-order valence-corrected chi connectivity index (χ3v) is 4.77. The maximum Gasteiger partial charge on any atom is 0.0510 e. The van der Waals surface area contributed by atoms with E-state index in [1.54, 1.807) is 0 Å². The second-order valence-electron chi connectivity index (χ2n) is 5.01. The van der Waals surface area contributed by atoms with Crippen LogP contribution in [0, 0.1) is 5.92 Å². The molecular formula is C10H19NO2S. The number of ether oxygens (including phenoxy) is 1. The predicted octanol–water partition coefficient (Wildman–Crippen LogP) is 0.522. The number of hydrogen-bond donors (Lipinski definition) is 1. The first kappa shape index (κ1) is 10.6. The van der Waals surface area contributed by atoms with E-state index in [2.05, 4.69) is 19.2 Å². The molecule has 82 valence electrons. The van der Waals surface area contributed by atoms with Crippen molar-refractivity contribution in [2.75, 3.05) is 24.7 Å². The summed E-state index contributed by atoms with van der Waals surface area (Å²) in [6.07, 6.45) is 1.12. The zero-order valence-electron chi connectivity index (χ0n) is 8.91. The summed E-state index contributed by atoms with van der Waals surface area (Å²) >= 11 is 0. The first-order valence-electron chi connectivity index (χ1n) is 5.27. The first-order chi connectivity index (χ1) is 6.57. The molecule has 1 N–H and O–H groups in total. The van der Waals surface area contributed by atoms with E-state index in [1.807, 2.05) is 0 Å². The van der Waals surface area contributed by atoms with Crippen LogP contribution in [0.25, 0.3) is 0 Å². The Labute approximate surface area is 88.0 Å². The van der Waals surface area contributed by atoms with Crippen LogP contribution in [0.5, 0.6) is 0 Å². The Hall–Kier alpha value is 0.0700. The van der Waals surface area contributed by atoms with E-state index < -0.39 is 10.8 Å². The van der Waals surface area contributed by atoms with E-state index in [0.717, 1.165) is 31.1 Å². The van der Waals surface area contributed by atoms with Gasteiger partial charge in [-0.25, -0.2) is 0 Å². The van der Waals surface area contributed by atoms with Crippen molar-refractivity contribution in [1.82, 2.24) is 5.32 Å². The summed E-state index contributed by atoms with van der Waals surface area (Å²) in [6.45, 7) is 5.97. The molecule has 0 aromatic carbocycles. The summed E-state index contributed by atoms with van der Waals surface area (Å²) in [7, 11) is -0.654. The number of hydrogen-bond acceptors (Lipinski definition) is 3. The van der Waals surface area contributed by atoms with Crippen molar-refractivity contribution in [1.29, 1.82) is 0 Å². The van der Waals surface area contributed by atoms with Crippen LogP contribution in [0.1, 0.15) is 20.3 Å². The van der Waals surface area contributed by atoms with E-state index in [4.69, 9.17) is 4.74 Å². The maximum absolute atomic E-state index is 11.7. The molecule has 14 heavy (non-hydrogen) atoms. The summed E-state index contributed by atoms with van der Waals surface area (Å²) < 4.78 is 17.1. The SMILES string of the molecule is CC1(C)CS(=O)CC(C2CCOC2)N1. The molecule has 0 aromatic heterocycles. The molecule has 3 nitrogen and oxygen atoms in total. The minimum Gasteiger partial charge on any atom is -0.381 e. The van der Waals surface area contributed by atoms with Gasteiger partial charge in [-0.15, -0.1) is 0 Å². The first-order valence-corrected chi connectivity index (χ1v) is 6.76. The average molecular weight is 217 g/mol. The summed E-state index contributed by atoms with van der Waals surface area (Å²) in [5.41, 5.74) is 0.0242. The van der Waals surface area contributed by atoms with E-state index in [-0.39, 0.29) is 5.54 Å². The Morgan fingerprint density at radius 1 is 1.50 bits per heavy atom. The third-order valence-electron chi connectivity index (χ3n) is 3.00. The van der Waals surface area contributed by atoms with Crippen molar-refractivity contribution in [2.24, 2.45) is 5.92 Å². The Kier molecular flexibility index (Phi) is 2.96. The molecule has 2 fully saturated rings. The smallest absolute Gasteiger partial charge is 0.0510 e. The lowest BCUT2D eigenvalue weighted by Gasteiger charge is -2.38. The topological polar surface area (TPSA) is 38.3 Å². The second-order valence-corrected chi connectivity index (χ2v) is 6.51. The summed E-state index contributed by atoms with van der Waals surface area (Å²) in [5.74, 6) is 2.15. The lowest BCUT2D eigenvalue weighted by Crippen LogP contribution is -2.58. The quantitative estimate of drug-likeness (QED) is 0.696. The molecule has 0 bridgehead atoms. The minimum absolute atomic E-state index is 0.0242. The van der Waals surface area contributed by atoms with Gasteiger partial charge in [-0.05, 0) is 20.3 Å². The van der Waals surface area contributed by atoms with Crippen molar-refractivity contribution in [3.8, 4) is 0 Å². The normalized spacial score (nSPS) is 42.6. The zero-order valence-corrected chi connectivity index (χ0v) is 9.73. The summed E-state index contributed by atoms with van der Waals surface area (Å²) in [6, 6.07) is 0.391. The molecular weight excluding hydrogens is 198 g/mol. The summed E-state index contributed by atoms with van der Waals surface area (Å²) in [5, 5.41) is 3.59. The van der Waals surface area contributed by atoms with Gasteiger partial charge in [0.15, 0.2) is 0 Å². The van der Waals surface area contributed by atoms with Gasteiger partial charge in [0.25, 0.3) is 0 Å². The lowest BCUT2D eigenvalue weighted by molar-refractivity contribution is 0.173. The number of nitrogens with one attached hydrogen (secondary N) is 1. The van der Waals surface area contributed by atoms with E-state index >= 15 is 0 Å². The molecule has 3 unspecified atom stereocenters. The molecule has 0 amide bonds. The van der Waals surface area contributed by atoms with Crippen LogP contribution < -0.4 is 5.32 Å². The fourth-order valence-electron chi connectivity index (χ4n) is 2.37. The van der Waals surface area contributed by atoms with E-state index in [9.17, 15) is 4.21 Å². The predicted molar refractivity (Wildman–Crippen MR) is 57.8 cm³/mol. The van der Waals surface area contributed by atoms with Crippen LogP contribution in [0.15, 0.2) is 0 Å². The highest BCUT2D eigenvalue weighted by Gasteiger charge is 2.36. The molecule has 0 spiro atoms. The molecule has 0 aliphatic carbocycles. The highest BCUT2D eigenvalue weighted by Crippen LogP contribution is 2.23. The van der Waals surface area contributed by atoms with Crippen molar-refractivity contribution in [2.45, 2.75) is 31.8 Å². The fourth-order valence-corrected chi connectivity index (χ4v) is 4.13. The van der Waals surface area contributed by atoms with Crippen LogP contribution in [0.2, 0.25) is 0 Å². The number of rotatable bonds is 1. The molecule has 2 aliphatic heterocycles. The molecule has 0 radical (unpaired) electrons. The minimum atomic E-state index is -0.654.